The minimum atomic E-state index is -0.465. The predicted octanol–water partition coefficient (Wildman–Crippen LogP) is 3.21. The first-order valence-electron chi connectivity index (χ1n) is 9.31. The zero-order chi connectivity index (χ0) is 21.7. The quantitative estimate of drug-likeness (QED) is 0.554. The Balaban J connectivity index is 2.49. The van der Waals surface area contributed by atoms with Crippen molar-refractivity contribution in [1.29, 1.82) is 0 Å². The van der Waals surface area contributed by atoms with Crippen molar-refractivity contribution in [2.75, 3.05) is 33.6 Å². The number of esters is 2. The van der Waals surface area contributed by atoms with Gasteiger partial charge in [0.1, 0.15) is 12.4 Å². The van der Waals surface area contributed by atoms with Crippen molar-refractivity contribution in [3.05, 3.63) is 33.9 Å². The fraction of sp³-hybridized carbons (Fsp3) is 0.476. The number of hydrogen-bond donors (Lipinski definition) is 1. The molecule has 0 aliphatic carbocycles. The van der Waals surface area contributed by atoms with Gasteiger partial charge in [0.2, 0.25) is 0 Å². The predicted molar refractivity (Wildman–Crippen MR) is 108 cm³/mol. The van der Waals surface area contributed by atoms with Gasteiger partial charge in [-0.1, -0.05) is 11.6 Å². The van der Waals surface area contributed by atoms with Gasteiger partial charge in [-0.25, -0.2) is 9.59 Å². The Morgan fingerprint density at radius 1 is 1.24 bits per heavy atom. The molecule has 1 aromatic carbocycles. The van der Waals surface area contributed by atoms with Crippen LogP contribution in [-0.4, -0.2) is 51.2 Å². The molecule has 8 nitrogen and oxygen atoms in total. The van der Waals surface area contributed by atoms with Crippen LogP contribution in [0, 0.1) is 6.92 Å². The van der Waals surface area contributed by atoms with Gasteiger partial charge in [-0.2, -0.15) is 0 Å². The highest BCUT2D eigenvalue weighted by molar-refractivity contribution is 6.05. The zero-order valence-corrected chi connectivity index (χ0v) is 17.8. The lowest BCUT2D eigenvalue weighted by Gasteiger charge is -2.21. The van der Waals surface area contributed by atoms with E-state index < -0.39 is 5.97 Å². The van der Waals surface area contributed by atoms with E-state index in [2.05, 4.69) is 10.1 Å². The first-order chi connectivity index (χ1) is 13.7. The van der Waals surface area contributed by atoms with Crippen molar-refractivity contribution in [3.8, 4) is 5.75 Å². The average Bonchev–Trinajstić information content (AvgIpc) is 3.08. The van der Waals surface area contributed by atoms with Crippen LogP contribution < -0.4 is 10.1 Å². The van der Waals surface area contributed by atoms with Crippen molar-refractivity contribution in [2.45, 2.75) is 39.7 Å². The number of carbonyl (C=O) groups excluding carboxylic acids is 3. The molecule has 1 N–H and O–H groups in total. The molecule has 1 heterocycles. The van der Waals surface area contributed by atoms with Gasteiger partial charge in [0.05, 0.1) is 25.5 Å². The summed E-state index contributed by atoms with van der Waals surface area (Å²) in [6.07, 6.45) is 3.22. The number of hydrogen-bond acceptors (Lipinski definition) is 6. The second-order valence-corrected chi connectivity index (χ2v) is 7.10. The molecule has 1 aromatic rings. The minimum absolute atomic E-state index is 0.148. The summed E-state index contributed by atoms with van der Waals surface area (Å²) < 4.78 is 15.5. The largest absolute Gasteiger partial charge is 0.496 e. The molecule has 0 bridgehead atoms. The Morgan fingerprint density at radius 2 is 1.93 bits per heavy atom. The fourth-order valence-electron chi connectivity index (χ4n) is 3.19. The van der Waals surface area contributed by atoms with Crippen LogP contribution in [0.1, 0.15) is 46.8 Å². The number of fused-ring (bicyclic) bond motifs is 1. The van der Waals surface area contributed by atoms with E-state index in [1.165, 1.54) is 12.0 Å². The van der Waals surface area contributed by atoms with Gasteiger partial charge in [-0.3, -0.25) is 4.79 Å². The maximum Gasteiger partial charge on any atom is 0.341 e. The van der Waals surface area contributed by atoms with E-state index in [4.69, 9.17) is 9.47 Å². The molecule has 29 heavy (non-hydrogen) atoms. The standard InChI is InChI=1S/C21H28N2O6/c1-12(8-10-16(24)27-5)7-9-14-18(22-21(26)23(3)4)17-15(11-29-20(17)25)13(2)19(14)28-6/h7H,8-11H2,1-6H3,(H,22,26)/b12-7+. The highest BCUT2D eigenvalue weighted by atomic mass is 16.5. The normalized spacial score (nSPS) is 12.9. The molecule has 2 rings (SSSR count). The van der Waals surface area contributed by atoms with Crippen molar-refractivity contribution in [1.82, 2.24) is 4.90 Å². The SMILES string of the molecule is COC(=O)CC/C(C)=C/Cc1c(NC(=O)N(C)C)c2c(c(C)c1OC)COC2=O. The van der Waals surface area contributed by atoms with E-state index in [-0.39, 0.29) is 25.0 Å². The number of rotatable bonds is 7. The maximum atomic E-state index is 12.4. The minimum Gasteiger partial charge on any atom is -0.496 e. The van der Waals surface area contributed by atoms with Gasteiger partial charge in [0, 0.05) is 31.6 Å². The van der Waals surface area contributed by atoms with E-state index in [0.717, 1.165) is 16.7 Å². The third-order valence-corrected chi connectivity index (χ3v) is 4.92. The molecule has 0 saturated heterocycles. The van der Waals surface area contributed by atoms with E-state index in [1.807, 2.05) is 19.9 Å². The van der Waals surface area contributed by atoms with Crippen molar-refractivity contribution in [2.24, 2.45) is 0 Å². The van der Waals surface area contributed by atoms with Gasteiger partial charge in [-0.05, 0) is 32.3 Å². The number of amides is 2. The van der Waals surface area contributed by atoms with E-state index in [0.29, 0.717) is 35.4 Å². The van der Waals surface area contributed by atoms with E-state index >= 15 is 0 Å². The molecule has 1 aliphatic heterocycles. The number of allylic oxidation sites excluding steroid dienone is 2. The summed E-state index contributed by atoms with van der Waals surface area (Å²) in [5, 5.41) is 2.83. The Morgan fingerprint density at radius 3 is 2.52 bits per heavy atom. The number of benzene rings is 1. The number of methoxy groups -OCH3 is 2. The summed E-state index contributed by atoms with van der Waals surface area (Å²) in [6.45, 7) is 3.94. The highest BCUT2D eigenvalue weighted by Gasteiger charge is 2.32. The van der Waals surface area contributed by atoms with Gasteiger partial charge in [0.15, 0.2) is 0 Å². The Bertz CT molecular complexity index is 857. The average molecular weight is 404 g/mol. The summed E-state index contributed by atoms with van der Waals surface area (Å²) in [7, 11) is 6.16. The Hall–Kier alpha value is -3.03. The van der Waals surface area contributed by atoms with Gasteiger partial charge in [0.25, 0.3) is 0 Å². The third-order valence-electron chi connectivity index (χ3n) is 4.92. The Labute approximate surface area is 170 Å². The number of cyclic esters (lactones) is 1. The smallest absolute Gasteiger partial charge is 0.341 e. The van der Waals surface area contributed by atoms with Gasteiger partial charge in [-0.15, -0.1) is 0 Å². The summed E-state index contributed by atoms with van der Waals surface area (Å²) in [6, 6.07) is -0.356. The molecule has 158 valence electrons. The molecule has 1 aliphatic rings. The van der Waals surface area contributed by atoms with Crippen LogP contribution in [0.15, 0.2) is 11.6 Å². The van der Waals surface area contributed by atoms with Gasteiger partial charge >= 0.3 is 18.0 Å². The number of carbonyl (C=O) groups is 3. The van der Waals surface area contributed by atoms with Crippen LogP contribution in [0.5, 0.6) is 5.75 Å². The highest BCUT2D eigenvalue weighted by Crippen LogP contribution is 2.41. The lowest BCUT2D eigenvalue weighted by atomic mass is 9.93. The summed E-state index contributed by atoms with van der Waals surface area (Å²) >= 11 is 0. The molecule has 0 aromatic heterocycles. The zero-order valence-electron chi connectivity index (χ0n) is 17.8. The molecule has 0 radical (unpaired) electrons. The lowest BCUT2D eigenvalue weighted by Crippen LogP contribution is -2.29. The molecule has 0 saturated carbocycles. The second-order valence-electron chi connectivity index (χ2n) is 7.10. The number of nitrogens with one attached hydrogen (secondary N) is 1. The fourth-order valence-corrected chi connectivity index (χ4v) is 3.19. The molecular formula is C21H28N2O6. The van der Waals surface area contributed by atoms with E-state index in [1.54, 1.807) is 21.2 Å². The number of urea groups is 1. The Kier molecular flexibility index (Phi) is 7.25. The molecule has 0 spiro atoms. The maximum absolute atomic E-state index is 12.4. The molecule has 2 amide bonds. The first-order valence-corrected chi connectivity index (χ1v) is 9.31. The second kappa shape index (κ2) is 9.45. The van der Waals surface area contributed by atoms with Crippen LogP contribution in [-0.2, 0) is 27.3 Å². The molecular weight excluding hydrogens is 376 g/mol. The van der Waals surface area contributed by atoms with Crippen LogP contribution in [0.25, 0.3) is 0 Å². The summed E-state index contributed by atoms with van der Waals surface area (Å²) in [4.78, 5) is 37.5. The molecule has 8 heteroatoms. The summed E-state index contributed by atoms with van der Waals surface area (Å²) in [5.74, 6) is -0.133. The van der Waals surface area contributed by atoms with Crippen molar-refractivity contribution >= 4 is 23.7 Å². The topological polar surface area (TPSA) is 94.2 Å². The first kappa shape index (κ1) is 22.3. The molecule has 0 unspecified atom stereocenters. The monoisotopic (exact) mass is 404 g/mol. The number of nitrogens with zero attached hydrogens (tertiary/aromatic N) is 1. The van der Waals surface area contributed by atoms with Crippen LogP contribution in [0.3, 0.4) is 0 Å². The van der Waals surface area contributed by atoms with Crippen LogP contribution in [0.2, 0.25) is 0 Å². The van der Waals surface area contributed by atoms with Crippen molar-refractivity contribution < 1.29 is 28.6 Å². The lowest BCUT2D eigenvalue weighted by molar-refractivity contribution is -0.140. The third kappa shape index (κ3) is 4.88. The number of ether oxygens (including phenoxy) is 3. The van der Waals surface area contributed by atoms with E-state index in [9.17, 15) is 14.4 Å². The summed E-state index contributed by atoms with van der Waals surface area (Å²) in [5.41, 5.74) is 3.98. The van der Waals surface area contributed by atoms with Crippen LogP contribution >= 0.6 is 0 Å². The molecule has 0 atom stereocenters. The van der Waals surface area contributed by atoms with Crippen LogP contribution in [0.4, 0.5) is 10.5 Å². The number of anilines is 1. The van der Waals surface area contributed by atoms with Crippen molar-refractivity contribution in [3.63, 3.8) is 0 Å². The van der Waals surface area contributed by atoms with Gasteiger partial charge < -0.3 is 24.4 Å². The molecule has 0 fully saturated rings.